The summed E-state index contributed by atoms with van der Waals surface area (Å²) in [6, 6.07) is 5.97. The van der Waals surface area contributed by atoms with Crippen LogP contribution in [0.25, 0.3) is 0 Å². The number of nitrogens with one attached hydrogen (secondary N) is 2. The van der Waals surface area contributed by atoms with Gasteiger partial charge in [-0.05, 0) is 30.9 Å². The van der Waals surface area contributed by atoms with Crippen molar-refractivity contribution in [1.82, 2.24) is 5.32 Å². The average molecular weight is 264 g/mol. The molecule has 0 heterocycles. The Balaban J connectivity index is 2.62. The molecule has 0 fully saturated rings. The third-order valence-corrected chi connectivity index (χ3v) is 2.97. The number of carbonyl (C=O) groups excluding carboxylic acids is 1. The fraction of sp³-hybridized carbons (Fsp3) is 0.533. The lowest BCUT2D eigenvalue weighted by atomic mass is 10.0. The van der Waals surface area contributed by atoms with Crippen LogP contribution in [0.4, 0.5) is 10.5 Å². The maximum atomic E-state index is 11.8. The molecule has 106 valence electrons. The predicted molar refractivity (Wildman–Crippen MR) is 78.7 cm³/mol. The van der Waals surface area contributed by atoms with Crippen LogP contribution < -0.4 is 10.6 Å². The average Bonchev–Trinajstić information content (AvgIpc) is 2.43. The molecular formula is C15H24N2O2. The van der Waals surface area contributed by atoms with Gasteiger partial charge in [0.25, 0.3) is 0 Å². The van der Waals surface area contributed by atoms with Crippen LogP contribution in [-0.4, -0.2) is 25.8 Å². The number of ether oxygens (including phenoxy) is 1. The van der Waals surface area contributed by atoms with E-state index < -0.39 is 0 Å². The Morgan fingerprint density at radius 3 is 2.32 bits per heavy atom. The van der Waals surface area contributed by atoms with Crippen molar-refractivity contribution in [2.75, 3.05) is 25.1 Å². The van der Waals surface area contributed by atoms with E-state index in [1.54, 1.807) is 0 Å². The number of amides is 2. The number of rotatable bonds is 7. The van der Waals surface area contributed by atoms with Gasteiger partial charge in [-0.1, -0.05) is 32.0 Å². The molecule has 1 aromatic carbocycles. The van der Waals surface area contributed by atoms with Crippen molar-refractivity contribution in [2.24, 2.45) is 0 Å². The van der Waals surface area contributed by atoms with Crippen LogP contribution in [0.1, 0.15) is 31.9 Å². The van der Waals surface area contributed by atoms with Crippen LogP contribution in [0.2, 0.25) is 0 Å². The largest absolute Gasteiger partial charge is 0.380 e. The number of carbonyl (C=O) groups is 1. The van der Waals surface area contributed by atoms with Crippen LogP contribution in [-0.2, 0) is 17.6 Å². The molecule has 2 amide bonds. The fourth-order valence-corrected chi connectivity index (χ4v) is 1.94. The van der Waals surface area contributed by atoms with Crippen molar-refractivity contribution < 1.29 is 9.53 Å². The maximum Gasteiger partial charge on any atom is 0.319 e. The molecule has 1 rings (SSSR count). The first-order valence-electron chi connectivity index (χ1n) is 6.96. The van der Waals surface area contributed by atoms with Crippen LogP contribution in [0, 0.1) is 0 Å². The smallest absolute Gasteiger partial charge is 0.319 e. The highest BCUT2D eigenvalue weighted by atomic mass is 16.5. The monoisotopic (exact) mass is 264 g/mol. The molecule has 0 radical (unpaired) electrons. The Kier molecular flexibility index (Phi) is 6.97. The summed E-state index contributed by atoms with van der Waals surface area (Å²) in [7, 11) is 0. The fourth-order valence-electron chi connectivity index (χ4n) is 1.94. The number of hydrogen-bond acceptors (Lipinski definition) is 2. The van der Waals surface area contributed by atoms with Gasteiger partial charge in [0.1, 0.15) is 0 Å². The van der Waals surface area contributed by atoms with E-state index in [2.05, 4.69) is 36.6 Å². The standard InChI is InChI=1S/C15H24N2O2/c1-4-12-8-7-9-13(5-2)14(12)17-15(18)16-10-11-19-6-3/h7-9H,4-6,10-11H2,1-3H3,(H2,16,17,18). The number of para-hydroxylation sites is 1. The van der Waals surface area contributed by atoms with Crippen LogP contribution in [0.5, 0.6) is 0 Å². The van der Waals surface area contributed by atoms with Crippen LogP contribution >= 0.6 is 0 Å². The van der Waals surface area contributed by atoms with E-state index >= 15 is 0 Å². The van der Waals surface area contributed by atoms with Gasteiger partial charge in [-0.15, -0.1) is 0 Å². The number of benzene rings is 1. The van der Waals surface area contributed by atoms with E-state index in [4.69, 9.17) is 4.74 Å². The zero-order valence-corrected chi connectivity index (χ0v) is 12.1. The maximum absolute atomic E-state index is 11.8. The molecule has 0 saturated heterocycles. The summed E-state index contributed by atoms with van der Waals surface area (Å²) in [5.74, 6) is 0. The van der Waals surface area contributed by atoms with Crippen molar-refractivity contribution in [3.05, 3.63) is 29.3 Å². The molecule has 0 unspecified atom stereocenters. The minimum Gasteiger partial charge on any atom is -0.380 e. The zero-order chi connectivity index (χ0) is 14.1. The van der Waals surface area contributed by atoms with Gasteiger partial charge in [0.05, 0.1) is 6.61 Å². The molecule has 0 saturated carbocycles. The van der Waals surface area contributed by atoms with Crippen molar-refractivity contribution >= 4 is 11.7 Å². The highest BCUT2D eigenvalue weighted by Gasteiger charge is 2.09. The van der Waals surface area contributed by atoms with E-state index in [1.165, 1.54) is 11.1 Å². The summed E-state index contributed by atoms with van der Waals surface area (Å²) in [6.45, 7) is 7.85. The quantitative estimate of drug-likeness (QED) is 0.744. The van der Waals surface area contributed by atoms with Crippen molar-refractivity contribution in [2.45, 2.75) is 33.6 Å². The van der Waals surface area contributed by atoms with Crippen molar-refractivity contribution in [3.8, 4) is 0 Å². The second-order valence-corrected chi connectivity index (χ2v) is 4.24. The van der Waals surface area contributed by atoms with Gasteiger partial charge < -0.3 is 15.4 Å². The minimum absolute atomic E-state index is 0.171. The third kappa shape index (κ3) is 4.91. The molecule has 19 heavy (non-hydrogen) atoms. The van der Waals surface area contributed by atoms with E-state index in [1.807, 2.05) is 13.0 Å². The summed E-state index contributed by atoms with van der Waals surface area (Å²) in [5.41, 5.74) is 3.28. The topological polar surface area (TPSA) is 50.4 Å². The predicted octanol–water partition coefficient (Wildman–Crippen LogP) is 2.97. The molecule has 0 atom stereocenters. The summed E-state index contributed by atoms with van der Waals surface area (Å²) < 4.78 is 5.18. The zero-order valence-electron chi connectivity index (χ0n) is 12.1. The number of urea groups is 1. The van der Waals surface area contributed by atoms with Gasteiger partial charge in [0.15, 0.2) is 0 Å². The Labute approximate surface area is 115 Å². The molecule has 1 aromatic rings. The van der Waals surface area contributed by atoms with Gasteiger partial charge in [0, 0.05) is 18.8 Å². The third-order valence-electron chi connectivity index (χ3n) is 2.97. The first-order chi connectivity index (χ1) is 9.22. The van der Waals surface area contributed by atoms with E-state index in [0.29, 0.717) is 19.8 Å². The van der Waals surface area contributed by atoms with E-state index in [0.717, 1.165) is 18.5 Å². The van der Waals surface area contributed by atoms with E-state index in [9.17, 15) is 4.79 Å². The summed E-state index contributed by atoms with van der Waals surface area (Å²) in [5, 5.41) is 5.75. The second kappa shape index (κ2) is 8.53. The number of hydrogen-bond donors (Lipinski definition) is 2. The Morgan fingerprint density at radius 1 is 1.16 bits per heavy atom. The molecule has 0 bridgehead atoms. The highest BCUT2D eigenvalue weighted by molar-refractivity contribution is 5.91. The lowest BCUT2D eigenvalue weighted by molar-refractivity contribution is 0.150. The van der Waals surface area contributed by atoms with E-state index in [-0.39, 0.29) is 6.03 Å². The van der Waals surface area contributed by atoms with Gasteiger partial charge in [-0.3, -0.25) is 0 Å². The molecular weight excluding hydrogens is 240 g/mol. The summed E-state index contributed by atoms with van der Waals surface area (Å²) in [4.78, 5) is 11.8. The molecule has 0 spiro atoms. The molecule has 4 heteroatoms. The molecule has 0 aliphatic heterocycles. The Bertz CT molecular complexity index is 383. The molecule has 0 aliphatic rings. The molecule has 0 aromatic heterocycles. The second-order valence-electron chi connectivity index (χ2n) is 4.24. The first-order valence-corrected chi connectivity index (χ1v) is 6.96. The Hall–Kier alpha value is -1.55. The molecule has 2 N–H and O–H groups in total. The Morgan fingerprint density at radius 2 is 1.79 bits per heavy atom. The number of aryl methyl sites for hydroxylation is 2. The van der Waals surface area contributed by atoms with Gasteiger partial charge >= 0.3 is 6.03 Å². The summed E-state index contributed by atoms with van der Waals surface area (Å²) >= 11 is 0. The normalized spacial score (nSPS) is 10.3. The molecule has 0 aliphatic carbocycles. The minimum atomic E-state index is -0.171. The van der Waals surface area contributed by atoms with Crippen LogP contribution in [0.15, 0.2) is 18.2 Å². The first kappa shape index (κ1) is 15.5. The lowest BCUT2D eigenvalue weighted by Gasteiger charge is -2.15. The van der Waals surface area contributed by atoms with Crippen molar-refractivity contribution in [1.29, 1.82) is 0 Å². The summed E-state index contributed by atoms with van der Waals surface area (Å²) in [6.07, 6.45) is 1.81. The van der Waals surface area contributed by atoms with Crippen molar-refractivity contribution in [3.63, 3.8) is 0 Å². The lowest BCUT2D eigenvalue weighted by Crippen LogP contribution is -2.32. The van der Waals surface area contributed by atoms with Gasteiger partial charge in [0.2, 0.25) is 0 Å². The number of anilines is 1. The van der Waals surface area contributed by atoms with Gasteiger partial charge in [-0.2, -0.15) is 0 Å². The SMILES string of the molecule is CCOCCNC(=O)Nc1c(CC)cccc1CC. The van der Waals surface area contributed by atoms with Crippen LogP contribution in [0.3, 0.4) is 0 Å². The molecule has 4 nitrogen and oxygen atoms in total. The highest BCUT2D eigenvalue weighted by Crippen LogP contribution is 2.22. The van der Waals surface area contributed by atoms with Gasteiger partial charge in [-0.25, -0.2) is 4.79 Å².